The molecule has 5 heteroatoms. The second-order valence-corrected chi connectivity index (χ2v) is 6.13. The van der Waals surface area contributed by atoms with Gasteiger partial charge in [0.1, 0.15) is 5.58 Å². The first kappa shape index (κ1) is 14.6. The lowest BCUT2D eigenvalue weighted by molar-refractivity contribution is 0.0670. The molecule has 4 nitrogen and oxygen atoms in total. The summed E-state index contributed by atoms with van der Waals surface area (Å²) >= 11 is 6.19. The molecule has 1 aliphatic heterocycles. The number of hydrogen-bond donors (Lipinski definition) is 1. The fourth-order valence-corrected chi connectivity index (χ4v) is 3.06. The summed E-state index contributed by atoms with van der Waals surface area (Å²) in [5.41, 5.74) is 2.00. The maximum absolute atomic E-state index is 11.7. The van der Waals surface area contributed by atoms with E-state index in [1.54, 1.807) is 6.07 Å². The number of aliphatic hydroxyl groups is 1. The van der Waals surface area contributed by atoms with E-state index in [-0.39, 0.29) is 11.7 Å². The van der Waals surface area contributed by atoms with E-state index in [9.17, 15) is 9.90 Å². The number of halogens is 1. The van der Waals surface area contributed by atoms with Gasteiger partial charge in [-0.3, -0.25) is 4.90 Å². The lowest BCUT2D eigenvalue weighted by atomic mass is 10.0. The number of fused-ring (bicyclic) bond motifs is 1. The molecule has 0 radical (unpaired) electrons. The van der Waals surface area contributed by atoms with Gasteiger partial charge in [0.15, 0.2) is 0 Å². The molecule has 21 heavy (non-hydrogen) atoms. The van der Waals surface area contributed by atoms with Gasteiger partial charge in [0.05, 0.1) is 6.10 Å². The van der Waals surface area contributed by atoms with Crippen LogP contribution in [-0.4, -0.2) is 29.2 Å². The first-order chi connectivity index (χ1) is 10.0. The molecule has 1 fully saturated rings. The van der Waals surface area contributed by atoms with Crippen molar-refractivity contribution in [2.75, 3.05) is 13.1 Å². The second-order valence-electron chi connectivity index (χ2n) is 5.72. The van der Waals surface area contributed by atoms with Crippen molar-refractivity contribution in [1.29, 1.82) is 0 Å². The molecule has 0 spiro atoms. The van der Waals surface area contributed by atoms with E-state index in [4.69, 9.17) is 16.0 Å². The van der Waals surface area contributed by atoms with E-state index in [2.05, 4.69) is 4.90 Å². The molecule has 2 heterocycles. The number of β-amino-alcohol motifs (C(OH)–C–C–N with tert-alkyl or cyclic N) is 1. The molecule has 112 valence electrons. The smallest absolute Gasteiger partial charge is 0.336 e. The van der Waals surface area contributed by atoms with Crippen LogP contribution in [-0.2, 0) is 6.54 Å². The Morgan fingerprint density at radius 3 is 3.00 bits per heavy atom. The average Bonchev–Trinajstić information content (AvgIpc) is 2.41. The van der Waals surface area contributed by atoms with E-state index >= 15 is 0 Å². The number of likely N-dealkylation sites (tertiary alicyclic amines) is 1. The minimum Gasteiger partial charge on any atom is -0.423 e. The number of benzene rings is 1. The quantitative estimate of drug-likeness (QED) is 0.867. The Labute approximate surface area is 127 Å². The molecular weight excluding hydrogens is 290 g/mol. The van der Waals surface area contributed by atoms with Gasteiger partial charge in [-0.1, -0.05) is 11.6 Å². The van der Waals surface area contributed by atoms with Gasteiger partial charge in [-0.05, 0) is 49.6 Å². The molecule has 1 atom stereocenters. The molecule has 1 N–H and O–H groups in total. The van der Waals surface area contributed by atoms with Crippen LogP contribution in [0.1, 0.15) is 24.0 Å². The van der Waals surface area contributed by atoms with Crippen molar-refractivity contribution in [2.45, 2.75) is 32.4 Å². The zero-order valence-corrected chi connectivity index (χ0v) is 12.7. The Bertz CT molecular complexity index is 725. The van der Waals surface area contributed by atoms with Gasteiger partial charge in [0.2, 0.25) is 0 Å². The molecule has 1 aromatic carbocycles. The number of hydrogen-bond acceptors (Lipinski definition) is 4. The van der Waals surface area contributed by atoms with E-state index in [0.717, 1.165) is 35.9 Å². The monoisotopic (exact) mass is 307 g/mol. The number of rotatable bonds is 2. The minimum atomic E-state index is -0.350. The molecule has 1 aromatic heterocycles. The van der Waals surface area contributed by atoms with Crippen molar-refractivity contribution in [2.24, 2.45) is 0 Å². The third kappa shape index (κ3) is 3.12. The van der Waals surface area contributed by atoms with Crippen LogP contribution >= 0.6 is 11.6 Å². The molecular formula is C16H18ClNO3. The molecule has 0 saturated carbocycles. The molecule has 1 aliphatic rings. The predicted molar refractivity (Wildman–Crippen MR) is 82.7 cm³/mol. The topological polar surface area (TPSA) is 53.7 Å². The van der Waals surface area contributed by atoms with Crippen LogP contribution < -0.4 is 5.63 Å². The van der Waals surface area contributed by atoms with Gasteiger partial charge >= 0.3 is 5.63 Å². The summed E-state index contributed by atoms with van der Waals surface area (Å²) < 4.78 is 5.27. The molecule has 0 bridgehead atoms. The largest absolute Gasteiger partial charge is 0.423 e. The fourth-order valence-electron chi connectivity index (χ4n) is 2.89. The van der Waals surface area contributed by atoms with E-state index < -0.39 is 0 Å². The van der Waals surface area contributed by atoms with Crippen molar-refractivity contribution < 1.29 is 9.52 Å². The SMILES string of the molecule is Cc1cc2oc(=O)cc(CN3CCC[C@@H](O)C3)c2cc1Cl. The summed E-state index contributed by atoms with van der Waals surface area (Å²) in [5.74, 6) is 0. The molecule has 0 amide bonds. The molecule has 0 aliphatic carbocycles. The summed E-state index contributed by atoms with van der Waals surface area (Å²) in [4.78, 5) is 13.9. The van der Waals surface area contributed by atoms with Crippen molar-refractivity contribution in [3.05, 3.63) is 44.8 Å². The number of piperidine rings is 1. The van der Waals surface area contributed by atoms with Crippen LogP contribution in [0.5, 0.6) is 0 Å². The first-order valence-corrected chi connectivity index (χ1v) is 7.54. The van der Waals surface area contributed by atoms with Crippen molar-refractivity contribution in [3.8, 4) is 0 Å². The highest BCUT2D eigenvalue weighted by Crippen LogP contribution is 2.26. The summed E-state index contributed by atoms with van der Waals surface area (Å²) in [7, 11) is 0. The molecule has 0 unspecified atom stereocenters. The third-order valence-electron chi connectivity index (χ3n) is 3.98. The van der Waals surface area contributed by atoms with Crippen molar-refractivity contribution in [3.63, 3.8) is 0 Å². The van der Waals surface area contributed by atoms with E-state index in [1.807, 2.05) is 13.0 Å². The molecule has 2 aromatic rings. The van der Waals surface area contributed by atoms with Crippen molar-refractivity contribution >= 4 is 22.6 Å². The average molecular weight is 308 g/mol. The second kappa shape index (κ2) is 5.79. The van der Waals surface area contributed by atoms with E-state index in [0.29, 0.717) is 23.7 Å². The number of nitrogens with zero attached hydrogens (tertiary/aromatic N) is 1. The van der Waals surface area contributed by atoms with Gasteiger partial charge in [-0.25, -0.2) is 4.79 Å². The molecule has 1 saturated heterocycles. The lowest BCUT2D eigenvalue weighted by Gasteiger charge is -2.30. The van der Waals surface area contributed by atoms with Gasteiger partial charge in [0, 0.05) is 29.6 Å². The predicted octanol–water partition coefficient (Wildman–Crippen LogP) is 2.71. The number of aliphatic hydroxyl groups excluding tert-OH is 1. The standard InChI is InChI=1S/C16H18ClNO3/c1-10-5-15-13(7-14(10)17)11(6-16(20)21-15)8-18-4-2-3-12(19)9-18/h5-7,12,19H,2-4,8-9H2,1H3/t12-/m1/s1. The van der Waals surface area contributed by atoms with E-state index in [1.165, 1.54) is 6.07 Å². The van der Waals surface area contributed by atoms with Crippen LogP contribution in [0.4, 0.5) is 0 Å². The minimum absolute atomic E-state index is 0.282. The Morgan fingerprint density at radius 2 is 2.24 bits per heavy atom. The van der Waals surface area contributed by atoms with Gasteiger partial charge in [0.25, 0.3) is 0 Å². The zero-order chi connectivity index (χ0) is 15.0. The van der Waals surface area contributed by atoms with Crippen molar-refractivity contribution in [1.82, 2.24) is 4.90 Å². The Hall–Kier alpha value is -1.36. The van der Waals surface area contributed by atoms with Crippen LogP contribution in [0, 0.1) is 6.92 Å². The van der Waals surface area contributed by atoms with Gasteiger partial charge in [-0.2, -0.15) is 0 Å². The summed E-state index contributed by atoms with van der Waals surface area (Å²) in [6.45, 7) is 4.08. The highest BCUT2D eigenvalue weighted by atomic mass is 35.5. The normalized spacial score (nSPS) is 20.0. The maximum Gasteiger partial charge on any atom is 0.336 e. The summed E-state index contributed by atoms with van der Waals surface area (Å²) in [6.07, 6.45) is 1.54. The van der Waals surface area contributed by atoms with Gasteiger partial charge in [-0.15, -0.1) is 0 Å². The van der Waals surface area contributed by atoms with Crippen LogP contribution in [0.25, 0.3) is 11.0 Å². The summed E-state index contributed by atoms with van der Waals surface area (Å²) in [6, 6.07) is 5.17. The van der Waals surface area contributed by atoms with Crippen LogP contribution in [0.3, 0.4) is 0 Å². The number of aryl methyl sites for hydroxylation is 1. The maximum atomic E-state index is 11.7. The fraction of sp³-hybridized carbons (Fsp3) is 0.438. The lowest BCUT2D eigenvalue weighted by Crippen LogP contribution is -2.37. The third-order valence-corrected chi connectivity index (χ3v) is 4.39. The zero-order valence-electron chi connectivity index (χ0n) is 11.9. The summed E-state index contributed by atoms with van der Waals surface area (Å²) in [5, 5.41) is 11.3. The highest BCUT2D eigenvalue weighted by molar-refractivity contribution is 6.32. The van der Waals surface area contributed by atoms with Crippen LogP contribution in [0.2, 0.25) is 5.02 Å². The molecule has 3 rings (SSSR count). The van der Waals surface area contributed by atoms with Crippen LogP contribution in [0.15, 0.2) is 27.4 Å². The Morgan fingerprint density at radius 1 is 1.43 bits per heavy atom. The highest BCUT2D eigenvalue weighted by Gasteiger charge is 2.19. The Balaban J connectivity index is 2.00. The Kier molecular flexibility index (Phi) is 4.02. The van der Waals surface area contributed by atoms with Gasteiger partial charge < -0.3 is 9.52 Å². The first-order valence-electron chi connectivity index (χ1n) is 7.16.